The Hall–Kier alpha value is -2.83. The Morgan fingerprint density at radius 1 is 1.39 bits per heavy atom. The van der Waals surface area contributed by atoms with Gasteiger partial charge in [-0.15, -0.1) is 0 Å². The Balaban J connectivity index is 1.62. The van der Waals surface area contributed by atoms with Crippen LogP contribution < -0.4 is 11.1 Å². The molecule has 23 heavy (non-hydrogen) atoms. The maximum Gasteiger partial charge on any atom is 0.308 e. The summed E-state index contributed by atoms with van der Waals surface area (Å²) in [6, 6.07) is 7.47. The van der Waals surface area contributed by atoms with Gasteiger partial charge in [0.25, 0.3) is 0 Å². The fourth-order valence-corrected chi connectivity index (χ4v) is 2.79. The number of carboxylic acids is 1. The number of benzene rings is 1. The van der Waals surface area contributed by atoms with Crippen LogP contribution in [0.2, 0.25) is 0 Å². The van der Waals surface area contributed by atoms with E-state index in [0.29, 0.717) is 18.8 Å². The zero-order valence-corrected chi connectivity index (χ0v) is 12.5. The summed E-state index contributed by atoms with van der Waals surface area (Å²) in [6.07, 6.45) is 2.16. The molecule has 7 nitrogen and oxygen atoms in total. The molecule has 0 bridgehead atoms. The van der Waals surface area contributed by atoms with Crippen molar-refractivity contribution in [3.05, 3.63) is 30.5 Å². The largest absolute Gasteiger partial charge is 0.481 e. The second-order valence-electron chi connectivity index (χ2n) is 5.65. The van der Waals surface area contributed by atoms with Crippen molar-refractivity contribution in [3.63, 3.8) is 0 Å². The molecule has 2 heterocycles. The highest BCUT2D eigenvalue weighted by Gasteiger charge is 2.30. The third kappa shape index (κ3) is 3.18. The van der Waals surface area contributed by atoms with Crippen LogP contribution in [-0.4, -0.2) is 46.5 Å². The molecular formula is C16H18N4O3. The summed E-state index contributed by atoms with van der Waals surface area (Å²) < 4.78 is 0. The van der Waals surface area contributed by atoms with Gasteiger partial charge in [-0.05, 0) is 36.1 Å². The topological polar surface area (TPSA) is 109 Å². The zero-order valence-electron chi connectivity index (χ0n) is 12.5. The van der Waals surface area contributed by atoms with E-state index in [1.54, 1.807) is 11.1 Å². The summed E-state index contributed by atoms with van der Waals surface area (Å²) in [4.78, 5) is 28.7. The van der Waals surface area contributed by atoms with Gasteiger partial charge >= 0.3 is 5.97 Å². The van der Waals surface area contributed by atoms with Gasteiger partial charge in [-0.3, -0.25) is 9.59 Å². The summed E-state index contributed by atoms with van der Waals surface area (Å²) in [6.45, 7) is 0.922. The molecule has 0 aliphatic carbocycles. The number of carbonyl (C=O) groups excluding carboxylic acids is 1. The van der Waals surface area contributed by atoms with E-state index >= 15 is 0 Å². The number of likely N-dealkylation sites (tertiary alicyclic amines) is 1. The number of hydrogen-bond donors (Lipinski definition) is 3. The summed E-state index contributed by atoms with van der Waals surface area (Å²) in [5.41, 5.74) is 6.62. The lowest BCUT2D eigenvalue weighted by Crippen LogP contribution is -2.34. The van der Waals surface area contributed by atoms with Crippen molar-refractivity contribution >= 4 is 34.2 Å². The van der Waals surface area contributed by atoms with Gasteiger partial charge in [0, 0.05) is 30.4 Å². The number of fused-ring (bicyclic) bond motifs is 1. The minimum atomic E-state index is -0.839. The lowest BCUT2D eigenvalue weighted by atomic mass is 10.1. The Bertz CT molecular complexity index is 762. The van der Waals surface area contributed by atoms with E-state index in [1.165, 1.54) is 0 Å². The van der Waals surface area contributed by atoms with Gasteiger partial charge in [-0.25, -0.2) is 4.98 Å². The number of nitrogens with two attached hydrogens (primary N) is 1. The monoisotopic (exact) mass is 314 g/mol. The van der Waals surface area contributed by atoms with E-state index in [9.17, 15) is 9.59 Å². The molecule has 3 rings (SSSR count). The van der Waals surface area contributed by atoms with Gasteiger partial charge in [-0.2, -0.15) is 0 Å². The standard InChI is InChI=1S/C16H18N4O3/c17-15-13-2-1-12(7-10(13)3-5-18-15)19-8-14(21)20-6-4-11(9-20)16(22)23/h1-3,5,7,11,19H,4,6,8-9H2,(H2,17,18)(H,22,23)/t11-/m1/s1. The van der Waals surface area contributed by atoms with Crippen LogP contribution in [0.4, 0.5) is 11.5 Å². The second kappa shape index (κ2) is 6.12. The summed E-state index contributed by atoms with van der Waals surface area (Å²) in [5, 5.41) is 13.9. The molecule has 0 unspecified atom stereocenters. The highest BCUT2D eigenvalue weighted by atomic mass is 16.4. The van der Waals surface area contributed by atoms with Crippen LogP contribution in [0, 0.1) is 5.92 Å². The summed E-state index contributed by atoms with van der Waals surface area (Å²) in [5.74, 6) is -0.908. The molecule has 0 radical (unpaired) electrons. The van der Waals surface area contributed by atoms with Crippen molar-refractivity contribution in [1.82, 2.24) is 9.88 Å². The molecule has 1 amide bonds. The van der Waals surface area contributed by atoms with Gasteiger partial charge < -0.3 is 21.1 Å². The quantitative estimate of drug-likeness (QED) is 0.781. The number of hydrogen-bond acceptors (Lipinski definition) is 5. The number of carboxylic acid groups (broad SMARTS) is 1. The molecule has 4 N–H and O–H groups in total. The number of carbonyl (C=O) groups is 2. The molecule has 1 atom stereocenters. The van der Waals surface area contributed by atoms with Gasteiger partial charge in [0.1, 0.15) is 5.82 Å². The van der Waals surface area contributed by atoms with Gasteiger partial charge in [0.15, 0.2) is 0 Å². The van der Waals surface area contributed by atoms with Crippen molar-refractivity contribution in [3.8, 4) is 0 Å². The normalized spacial score (nSPS) is 17.4. The van der Waals surface area contributed by atoms with Crippen molar-refractivity contribution in [2.75, 3.05) is 30.7 Å². The van der Waals surface area contributed by atoms with Crippen LogP contribution >= 0.6 is 0 Å². The molecule has 120 valence electrons. The molecule has 1 aliphatic rings. The molecular weight excluding hydrogens is 296 g/mol. The van der Waals surface area contributed by atoms with Crippen LogP contribution in [0.15, 0.2) is 30.5 Å². The maximum absolute atomic E-state index is 12.1. The number of nitrogen functional groups attached to an aromatic ring is 1. The number of aliphatic carboxylic acids is 1. The van der Waals surface area contributed by atoms with Crippen molar-refractivity contribution < 1.29 is 14.7 Å². The average molecular weight is 314 g/mol. The van der Waals surface area contributed by atoms with Crippen LogP contribution in [-0.2, 0) is 9.59 Å². The molecule has 1 aromatic heterocycles. The molecule has 7 heteroatoms. The van der Waals surface area contributed by atoms with Crippen LogP contribution in [0.25, 0.3) is 10.8 Å². The Morgan fingerprint density at radius 2 is 2.22 bits per heavy atom. The van der Waals surface area contributed by atoms with E-state index in [1.807, 2.05) is 24.3 Å². The first-order valence-electron chi connectivity index (χ1n) is 7.43. The van der Waals surface area contributed by atoms with E-state index in [-0.39, 0.29) is 19.0 Å². The van der Waals surface area contributed by atoms with Gasteiger partial charge in [-0.1, -0.05) is 0 Å². The van der Waals surface area contributed by atoms with Crippen molar-refractivity contribution in [2.24, 2.45) is 5.92 Å². The first kappa shape index (κ1) is 15.1. The SMILES string of the molecule is Nc1nccc2cc(NCC(=O)N3CC[C@@H](C(=O)O)C3)ccc12. The van der Waals surface area contributed by atoms with Crippen LogP contribution in [0.5, 0.6) is 0 Å². The van der Waals surface area contributed by atoms with E-state index in [4.69, 9.17) is 10.8 Å². The lowest BCUT2D eigenvalue weighted by Gasteiger charge is -2.16. The number of rotatable bonds is 4. The number of nitrogens with zero attached hydrogens (tertiary/aromatic N) is 2. The number of pyridine rings is 1. The zero-order chi connectivity index (χ0) is 16.4. The minimum absolute atomic E-state index is 0.0944. The third-order valence-corrected chi connectivity index (χ3v) is 4.13. The van der Waals surface area contributed by atoms with E-state index in [0.717, 1.165) is 16.5 Å². The van der Waals surface area contributed by atoms with Crippen LogP contribution in [0.1, 0.15) is 6.42 Å². The molecule has 0 saturated carbocycles. The Labute approximate surface area is 133 Å². The first-order valence-corrected chi connectivity index (χ1v) is 7.43. The fraction of sp³-hybridized carbons (Fsp3) is 0.312. The average Bonchev–Trinajstić information content (AvgIpc) is 3.03. The molecule has 0 spiro atoms. The number of anilines is 2. The predicted octanol–water partition coefficient (Wildman–Crippen LogP) is 1.16. The fourth-order valence-electron chi connectivity index (χ4n) is 2.79. The molecule has 2 aromatic rings. The van der Waals surface area contributed by atoms with Gasteiger partial charge in [0.2, 0.25) is 5.91 Å². The van der Waals surface area contributed by atoms with E-state index in [2.05, 4.69) is 10.3 Å². The van der Waals surface area contributed by atoms with Crippen molar-refractivity contribution in [1.29, 1.82) is 0 Å². The molecule has 1 aromatic carbocycles. The first-order chi connectivity index (χ1) is 11.0. The minimum Gasteiger partial charge on any atom is -0.481 e. The smallest absolute Gasteiger partial charge is 0.308 e. The summed E-state index contributed by atoms with van der Waals surface area (Å²) in [7, 11) is 0. The Morgan fingerprint density at radius 3 is 2.96 bits per heavy atom. The van der Waals surface area contributed by atoms with Gasteiger partial charge in [0.05, 0.1) is 12.5 Å². The number of aromatic nitrogens is 1. The van der Waals surface area contributed by atoms with Crippen LogP contribution in [0.3, 0.4) is 0 Å². The van der Waals surface area contributed by atoms with Crippen molar-refractivity contribution in [2.45, 2.75) is 6.42 Å². The molecule has 1 aliphatic heterocycles. The summed E-state index contributed by atoms with van der Waals surface area (Å²) >= 11 is 0. The second-order valence-corrected chi connectivity index (χ2v) is 5.65. The third-order valence-electron chi connectivity index (χ3n) is 4.13. The maximum atomic E-state index is 12.1. The molecule has 1 fully saturated rings. The highest BCUT2D eigenvalue weighted by molar-refractivity contribution is 5.93. The van der Waals surface area contributed by atoms with E-state index < -0.39 is 11.9 Å². The Kier molecular flexibility index (Phi) is 4.01. The molecule has 1 saturated heterocycles. The number of amides is 1. The predicted molar refractivity (Wildman–Crippen MR) is 87.0 cm³/mol. The highest BCUT2D eigenvalue weighted by Crippen LogP contribution is 2.22. The lowest BCUT2D eigenvalue weighted by molar-refractivity contribution is -0.141. The number of nitrogens with one attached hydrogen (secondary N) is 1.